The van der Waals surface area contributed by atoms with Crippen LogP contribution in [0.5, 0.6) is 0 Å². The molecule has 0 amide bonds. The molecule has 0 fully saturated rings. The molecule has 0 aliphatic rings. The van der Waals surface area contributed by atoms with Crippen LogP contribution in [-0.4, -0.2) is 24.1 Å². The van der Waals surface area contributed by atoms with Gasteiger partial charge in [0, 0.05) is 43.8 Å². The second-order valence-electron chi connectivity index (χ2n) is 4.13. The van der Waals surface area contributed by atoms with E-state index < -0.39 is 0 Å². The van der Waals surface area contributed by atoms with E-state index in [0.29, 0.717) is 23.6 Å². The highest BCUT2D eigenvalue weighted by Gasteiger charge is 2.11. The Hall–Kier alpha value is -2.54. The maximum atomic E-state index is 12.0. The topological polar surface area (TPSA) is 91.1 Å². The molecule has 0 aliphatic heterocycles. The molecule has 0 bridgehead atoms. The minimum atomic E-state index is -0.205. The van der Waals surface area contributed by atoms with Crippen LogP contribution >= 0.6 is 0 Å². The highest BCUT2D eigenvalue weighted by molar-refractivity contribution is 5.60. The Morgan fingerprint density at radius 1 is 1.26 bits per heavy atom. The van der Waals surface area contributed by atoms with Crippen molar-refractivity contribution in [3.63, 3.8) is 0 Å². The summed E-state index contributed by atoms with van der Waals surface area (Å²) < 4.78 is 3.18. The Morgan fingerprint density at radius 2 is 2.11 bits per heavy atom. The maximum absolute atomic E-state index is 12.0. The molecule has 0 radical (unpaired) electrons. The highest BCUT2D eigenvalue weighted by Crippen LogP contribution is 2.15. The lowest BCUT2D eigenvalue weighted by Gasteiger charge is -2.07. The van der Waals surface area contributed by atoms with Crippen molar-refractivity contribution < 1.29 is 0 Å². The first kappa shape index (κ1) is 11.5. The Morgan fingerprint density at radius 3 is 2.79 bits per heavy atom. The molecule has 0 saturated heterocycles. The maximum Gasteiger partial charge on any atom is 0.274 e. The number of hydrogen-bond donors (Lipinski definition) is 1. The third kappa shape index (κ3) is 1.80. The van der Waals surface area contributed by atoms with Crippen LogP contribution in [0.1, 0.15) is 5.69 Å². The van der Waals surface area contributed by atoms with Crippen LogP contribution in [0.15, 0.2) is 35.5 Å². The van der Waals surface area contributed by atoms with Crippen molar-refractivity contribution in [1.29, 1.82) is 0 Å². The largest absolute Gasteiger partial charge is 0.331 e. The zero-order chi connectivity index (χ0) is 13.4. The Bertz CT molecular complexity index is 789. The van der Waals surface area contributed by atoms with Crippen LogP contribution in [0.2, 0.25) is 0 Å². The zero-order valence-corrected chi connectivity index (χ0v) is 10.3. The second-order valence-corrected chi connectivity index (χ2v) is 4.13. The fraction of sp³-hybridized carbons (Fsp3) is 0.167. The molecule has 0 saturated carbocycles. The molecule has 96 valence electrons. The summed E-state index contributed by atoms with van der Waals surface area (Å²) in [7, 11) is 1.85. The lowest BCUT2D eigenvalue weighted by Crippen LogP contribution is -2.21. The van der Waals surface area contributed by atoms with Gasteiger partial charge in [-0.15, -0.1) is 0 Å². The number of nitrogens with two attached hydrogens (primary N) is 1. The van der Waals surface area contributed by atoms with Crippen molar-refractivity contribution in [3.8, 4) is 11.4 Å². The van der Waals surface area contributed by atoms with Crippen LogP contribution in [0.3, 0.4) is 0 Å². The first-order chi connectivity index (χ1) is 9.20. The number of fused-ring (bicyclic) bond motifs is 1. The van der Waals surface area contributed by atoms with E-state index in [2.05, 4.69) is 15.1 Å². The molecule has 7 nitrogen and oxygen atoms in total. The molecule has 7 heteroatoms. The SMILES string of the molecule is Cn1c(CN)cc(=O)n2nc(-c3cnccn3)cc12. The van der Waals surface area contributed by atoms with E-state index in [1.807, 2.05) is 11.6 Å². The summed E-state index contributed by atoms with van der Waals surface area (Å²) in [5.41, 5.74) is 8.07. The molecule has 0 atom stereocenters. The average Bonchev–Trinajstić information content (AvgIpc) is 2.90. The first-order valence-electron chi connectivity index (χ1n) is 5.76. The number of aromatic nitrogens is 5. The van der Waals surface area contributed by atoms with Crippen LogP contribution in [0, 0.1) is 0 Å². The van der Waals surface area contributed by atoms with E-state index >= 15 is 0 Å². The Balaban J connectivity index is 2.30. The van der Waals surface area contributed by atoms with Crippen molar-refractivity contribution in [1.82, 2.24) is 24.1 Å². The van der Waals surface area contributed by atoms with Crippen LogP contribution in [-0.2, 0) is 13.6 Å². The Labute approximate surface area is 108 Å². The van der Waals surface area contributed by atoms with E-state index in [1.54, 1.807) is 24.7 Å². The van der Waals surface area contributed by atoms with E-state index in [-0.39, 0.29) is 5.56 Å². The van der Waals surface area contributed by atoms with E-state index in [1.165, 1.54) is 10.6 Å². The molecule has 3 aromatic rings. The van der Waals surface area contributed by atoms with E-state index in [9.17, 15) is 4.79 Å². The summed E-state index contributed by atoms with van der Waals surface area (Å²) in [6.07, 6.45) is 4.78. The molecule has 0 spiro atoms. The van der Waals surface area contributed by atoms with Gasteiger partial charge in [0.15, 0.2) is 0 Å². The minimum absolute atomic E-state index is 0.205. The van der Waals surface area contributed by atoms with Gasteiger partial charge in [0.2, 0.25) is 0 Å². The summed E-state index contributed by atoms with van der Waals surface area (Å²) in [5.74, 6) is 0. The second kappa shape index (κ2) is 4.29. The van der Waals surface area contributed by atoms with Gasteiger partial charge in [-0.05, 0) is 0 Å². The first-order valence-corrected chi connectivity index (χ1v) is 5.76. The van der Waals surface area contributed by atoms with Gasteiger partial charge in [-0.2, -0.15) is 9.61 Å². The number of nitrogens with zero attached hydrogens (tertiary/aromatic N) is 5. The van der Waals surface area contributed by atoms with Crippen molar-refractivity contribution >= 4 is 5.65 Å². The summed E-state index contributed by atoms with van der Waals surface area (Å²) in [5, 5.41) is 4.26. The fourth-order valence-electron chi connectivity index (χ4n) is 1.97. The van der Waals surface area contributed by atoms with Gasteiger partial charge in [-0.1, -0.05) is 0 Å². The molecule has 3 rings (SSSR count). The fourth-order valence-corrected chi connectivity index (χ4v) is 1.97. The lowest BCUT2D eigenvalue weighted by molar-refractivity contribution is 0.766. The third-order valence-electron chi connectivity index (χ3n) is 3.00. The van der Waals surface area contributed by atoms with Crippen LogP contribution in [0.25, 0.3) is 17.0 Å². The Kier molecular flexibility index (Phi) is 2.60. The van der Waals surface area contributed by atoms with Crippen molar-refractivity contribution in [3.05, 3.63) is 46.8 Å². The monoisotopic (exact) mass is 256 g/mol. The van der Waals surface area contributed by atoms with Gasteiger partial charge in [-0.3, -0.25) is 14.8 Å². The molecule has 0 unspecified atom stereocenters. The standard InChI is InChI=1S/C12H12N6O/c1-17-8(6-13)4-12(19)18-11(17)5-9(16-18)10-7-14-2-3-15-10/h2-5,7H,6,13H2,1H3. The zero-order valence-electron chi connectivity index (χ0n) is 10.3. The van der Waals surface area contributed by atoms with Gasteiger partial charge in [0.1, 0.15) is 17.0 Å². The third-order valence-corrected chi connectivity index (χ3v) is 3.00. The quantitative estimate of drug-likeness (QED) is 0.694. The summed E-state index contributed by atoms with van der Waals surface area (Å²) in [4.78, 5) is 20.1. The molecule has 19 heavy (non-hydrogen) atoms. The predicted octanol–water partition coefficient (Wildman–Crippen LogP) is -0.0513. The van der Waals surface area contributed by atoms with Crippen LogP contribution in [0.4, 0.5) is 0 Å². The summed E-state index contributed by atoms with van der Waals surface area (Å²) in [6.45, 7) is 0.299. The van der Waals surface area contributed by atoms with Gasteiger partial charge >= 0.3 is 0 Å². The van der Waals surface area contributed by atoms with E-state index in [0.717, 1.165) is 5.69 Å². The van der Waals surface area contributed by atoms with Gasteiger partial charge in [-0.25, -0.2) is 0 Å². The number of hydrogen-bond acceptors (Lipinski definition) is 5. The average molecular weight is 256 g/mol. The van der Waals surface area contributed by atoms with Crippen molar-refractivity contribution in [2.24, 2.45) is 12.8 Å². The normalized spacial score (nSPS) is 11.1. The molecule has 3 heterocycles. The molecule has 2 N–H and O–H groups in total. The van der Waals surface area contributed by atoms with Crippen molar-refractivity contribution in [2.45, 2.75) is 6.54 Å². The predicted molar refractivity (Wildman–Crippen MR) is 69.4 cm³/mol. The van der Waals surface area contributed by atoms with Gasteiger partial charge in [0.25, 0.3) is 5.56 Å². The van der Waals surface area contributed by atoms with Gasteiger partial charge in [0.05, 0.1) is 6.20 Å². The van der Waals surface area contributed by atoms with Crippen molar-refractivity contribution in [2.75, 3.05) is 0 Å². The minimum Gasteiger partial charge on any atom is -0.331 e. The molecule has 0 aromatic carbocycles. The molecular formula is C12H12N6O. The van der Waals surface area contributed by atoms with Gasteiger partial charge < -0.3 is 10.3 Å². The van der Waals surface area contributed by atoms with E-state index in [4.69, 9.17) is 5.73 Å². The lowest BCUT2D eigenvalue weighted by atomic mass is 10.3. The highest BCUT2D eigenvalue weighted by atomic mass is 16.1. The molecule has 0 aliphatic carbocycles. The van der Waals surface area contributed by atoms with Crippen LogP contribution < -0.4 is 11.3 Å². The summed E-state index contributed by atoms with van der Waals surface area (Å²) >= 11 is 0. The molecular weight excluding hydrogens is 244 g/mol. The molecule has 3 aromatic heterocycles. The number of rotatable bonds is 2. The smallest absolute Gasteiger partial charge is 0.274 e. The summed E-state index contributed by atoms with van der Waals surface area (Å²) in [6, 6.07) is 3.28. The number of aryl methyl sites for hydroxylation is 1.